The van der Waals surface area contributed by atoms with Crippen molar-refractivity contribution in [3.63, 3.8) is 0 Å². The Morgan fingerprint density at radius 3 is 2.02 bits per heavy atom. The van der Waals surface area contributed by atoms with Crippen molar-refractivity contribution in [3.8, 4) is 5.75 Å². The third-order valence-electron chi connectivity index (χ3n) is 9.53. The lowest BCUT2D eigenvalue weighted by atomic mass is 9.71. The molecule has 4 aromatic rings. The average molecular weight is 643 g/mol. The van der Waals surface area contributed by atoms with Crippen LogP contribution in [0, 0.1) is 5.92 Å². The van der Waals surface area contributed by atoms with E-state index in [1.54, 1.807) is 0 Å². The van der Waals surface area contributed by atoms with Gasteiger partial charge in [0.2, 0.25) is 5.79 Å². The van der Waals surface area contributed by atoms with Crippen LogP contribution in [0.5, 0.6) is 5.75 Å². The molecule has 2 saturated heterocycles. The van der Waals surface area contributed by atoms with Crippen LogP contribution in [0.1, 0.15) is 55.5 Å². The quantitative estimate of drug-likeness (QED) is 0.170. The summed E-state index contributed by atoms with van der Waals surface area (Å²) in [5.74, 6) is -0.827. The minimum absolute atomic E-state index is 0.244. The molecule has 5 atom stereocenters. The van der Waals surface area contributed by atoms with Crippen LogP contribution in [0.4, 0.5) is 0 Å². The van der Waals surface area contributed by atoms with Gasteiger partial charge in [-0.15, -0.1) is 0 Å². The Labute approximate surface area is 277 Å². The summed E-state index contributed by atoms with van der Waals surface area (Å²) in [6.45, 7) is 9.07. The zero-order valence-corrected chi connectivity index (χ0v) is 27.7. The van der Waals surface area contributed by atoms with E-state index in [-0.39, 0.29) is 12.5 Å². The zero-order valence-electron chi connectivity index (χ0n) is 26.9. The summed E-state index contributed by atoms with van der Waals surface area (Å²) in [5.41, 5.74) is 2.91. The molecule has 6 rings (SSSR count). The van der Waals surface area contributed by atoms with Crippen LogP contribution in [-0.4, -0.2) is 41.7 Å². The monoisotopic (exact) mass is 642 g/mol. The van der Waals surface area contributed by atoms with Gasteiger partial charge in [0.1, 0.15) is 17.5 Å². The van der Waals surface area contributed by atoms with Crippen LogP contribution in [0.15, 0.2) is 103 Å². The Kier molecular flexibility index (Phi) is 9.58. The summed E-state index contributed by atoms with van der Waals surface area (Å²) >= 11 is 6.82. The lowest BCUT2D eigenvalue weighted by Crippen LogP contribution is -2.65. The Hall–Kier alpha value is -3.23. The van der Waals surface area contributed by atoms with E-state index in [9.17, 15) is 5.11 Å². The van der Waals surface area contributed by atoms with Crippen LogP contribution in [-0.2, 0) is 44.4 Å². The largest absolute Gasteiger partial charge is 0.494 e. The van der Waals surface area contributed by atoms with Crippen molar-refractivity contribution in [2.75, 3.05) is 13.2 Å². The van der Waals surface area contributed by atoms with Crippen LogP contribution < -0.4 is 4.74 Å². The molecule has 0 saturated carbocycles. The molecule has 0 spiro atoms. The number of halogens is 1. The van der Waals surface area contributed by atoms with Gasteiger partial charge < -0.3 is 28.8 Å². The molecule has 7 heteroatoms. The Bertz CT molecular complexity index is 1590. The van der Waals surface area contributed by atoms with E-state index >= 15 is 0 Å². The Balaban J connectivity index is 1.42. The highest BCUT2D eigenvalue weighted by Crippen LogP contribution is 2.60. The van der Waals surface area contributed by atoms with Crippen LogP contribution >= 0.6 is 11.6 Å². The molecule has 2 bridgehead atoms. The first-order chi connectivity index (χ1) is 22.2. The molecule has 242 valence electrons. The summed E-state index contributed by atoms with van der Waals surface area (Å²) in [5, 5.41) is 11.7. The van der Waals surface area contributed by atoms with Gasteiger partial charge in [-0.25, -0.2) is 0 Å². The molecule has 0 aliphatic carbocycles. The maximum absolute atomic E-state index is 11.1. The van der Waals surface area contributed by atoms with Crippen molar-refractivity contribution in [1.29, 1.82) is 0 Å². The topological polar surface area (TPSA) is 66.4 Å². The number of fused-ring (bicyclic) bond motifs is 2. The molecule has 2 aliphatic heterocycles. The molecule has 2 aliphatic rings. The van der Waals surface area contributed by atoms with Crippen molar-refractivity contribution >= 4 is 11.6 Å². The molecule has 46 heavy (non-hydrogen) atoms. The SMILES string of the molecule is CCOc1ccc(Cc2cc([C@]34OC(C)(C)[C@](CO)(O3)[C@@H](C)[C@H](OCc3ccccc3)[C@H]4OCc3ccccc3)ccc2Cl)cc1. The van der Waals surface area contributed by atoms with Gasteiger partial charge in [0.25, 0.3) is 0 Å². The first-order valence-corrected chi connectivity index (χ1v) is 16.4. The lowest BCUT2D eigenvalue weighted by Gasteiger charge is -2.51. The van der Waals surface area contributed by atoms with E-state index < -0.39 is 29.2 Å². The average Bonchev–Trinajstić information content (AvgIpc) is 3.30. The molecule has 2 heterocycles. The van der Waals surface area contributed by atoms with Gasteiger partial charge in [-0.1, -0.05) is 97.4 Å². The second kappa shape index (κ2) is 13.5. The highest BCUT2D eigenvalue weighted by molar-refractivity contribution is 6.31. The molecule has 0 unspecified atom stereocenters. The molecule has 4 aromatic carbocycles. The highest BCUT2D eigenvalue weighted by atomic mass is 35.5. The summed E-state index contributed by atoms with van der Waals surface area (Å²) in [4.78, 5) is 0. The normalized spacial score (nSPS) is 26.6. The van der Waals surface area contributed by atoms with E-state index in [0.29, 0.717) is 31.3 Å². The third kappa shape index (κ3) is 6.11. The zero-order chi connectivity index (χ0) is 32.4. The van der Waals surface area contributed by atoms with Crippen molar-refractivity contribution in [1.82, 2.24) is 0 Å². The molecule has 2 fully saturated rings. The number of hydrogen-bond donors (Lipinski definition) is 1. The summed E-state index contributed by atoms with van der Waals surface area (Å²) in [6, 6.07) is 34.1. The van der Waals surface area contributed by atoms with Crippen LogP contribution in [0.2, 0.25) is 5.02 Å². The smallest absolute Gasteiger partial charge is 0.226 e. The lowest BCUT2D eigenvalue weighted by molar-refractivity contribution is -0.337. The minimum Gasteiger partial charge on any atom is -0.494 e. The molecule has 1 N–H and O–H groups in total. The Morgan fingerprint density at radius 2 is 1.41 bits per heavy atom. The molecule has 0 radical (unpaired) electrons. The predicted molar refractivity (Wildman–Crippen MR) is 179 cm³/mol. The maximum Gasteiger partial charge on any atom is 0.226 e. The number of benzene rings is 4. The fraction of sp³-hybridized carbons (Fsp3) is 0.385. The van der Waals surface area contributed by atoms with Gasteiger partial charge in [0, 0.05) is 16.5 Å². The van der Waals surface area contributed by atoms with Crippen molar-refractivity contribution in [2.24, 2.45) is 5.92 Å². The van der Waals surface area contributed by atoms with Gasteiger partial charge in [-0.3, -0.25) is 0 Å². The van der Waals surface area contributed by atoms with Crippen molar-refractivity contribution in [3.05, 3.63) is 136 Å². The number of aliphatic hydroxyl groups excluding tert-OH is 1. The van der Waals surface area contributed by atoms with Crippen LogP contribution in [0.3, 0.4) is 0 Å². The second-order valence-electron chi connectivity index (χ2n) is 12.8. The van der Waals surface area contributed by atoms with E-state index in [1.807, 2.05) is 112 Å². The molecule has 0 amide bonds. The fourth-order valence-corrected chi connectivity index (χ4v) is 7.19. The first kappa shape index (κ1) is 32.7. The van der Waals surface area contributed by atoms with E-state index in [0.717, 1.165) is 33.6 Å². The van der Waals surface area contributed by atoms with E-state index in [2.05, 4.69) is 19.1 Å². The van der Waals surface area contributed by atoms with E-state index in [4.69, 9.17) is 35.3 Å². The fourth-order valence-electron chi connectivity index (χ4n) is 7.01. The number of hydrogen-bond acceptors (Lipinski definition) is 6. The van der Waals surface area contributed by atoms with Gasteiger partial charge in [0.05, 0.1) is 38.1 Å². The highest BCUT2D eigenvalue weighted by Gasteiger charge is 2.74. The van der Waals surface area contributed by atoms with Crippen molar-refractivity contribution in [2.45, 2.75) is 76.5 Å². The standard InChI is InChI=1S/C39H43ClO6/c1-5-42-33-19-16-28(17-20-33)22-31-23-32(18-21-34(31)40)39-36(44-25-30-14-10-7-11-15-30)35(43-24-29-12-8-6-9-13-29)27(2)38(26-41,46-39)37(3,4)45-39/h6-21,23,27,35-36,41H,5,22,24-26H2,1-4H3/t27-,35-,36+,38+,39-/m0/s1. The molecular weight excluding hydrogens is 600 g/mol. The molecule has 0 aromatic heterocycles. The number of rotatable bonds is 12. The summed E-state index contributed by atoms with van der Waals surface area (Å²) in [6.07, 6.45) is -0.548. The van der Waals surface area contributed by atoms with Crippen molar-refractivity contribution < 1.29 is 28.8 Å². The summed E-state index contributed by atoms with van der Waals surface area (Å²) < 4.78 is 33.3. The first-order valence-electron chi connectivity index (χ1n) is 16.0. The molecular formula is C39H43ClO6. The van der Waals surface area contributed by atoms with Gasteiger partial charge >= 0.3 is 0 Å². The second-order valence-corrected chi connectivity index (χ2v) is 13.2. The van der Waals surface area contributed by atoms with Crippen LogP contribution in [0.25, 0.3) is 0 Å². The summed E-state index contributed by atoms with van der Waals surface area (Å²) in [7, 11) is 0. The number of ether oxygens (including phenoxy) is 5. The minimum atomic E-state index is -1.38. The predicted octanol–water partition coefficient (Wildman–Crippen LogP) is 7.86. The molecule has 6 nitrogen and oxygen atoms in total. The van der Waals surface area contributed by atoms with E-state index in [1.165, 1.54) is 0 Å². The van der Waals surface area contributed by atoms with Gasteiger partial charge in [0.15, 0.2) is 0 Å². The Morgan fingerprint density at radius 1 is 0.783 bits per heavy atom. The number of aliphatic hydroxyl groups is 1. The maximum atomic E-state index is 11.1. The van der Waals surface area contributed by atoms with Gasteiger partial charge in [-0.2, -0.15) is 0 Å². The van der Waals surface area contributed by atoms with Gasteiger partial charge in [-0.05, 0) is 73.7 Å². The third-order valence-corrected chi connectivity index (χ3v) is 9.90.